The third-order valence-electron chi connectivity index (χ3n) is 3.96. The van der Waals surface area contributed by atoms with Crippen molar-refractivity contribution in [1.29, 1.82) is 0 Å². The molecule has 8 heteroatoms. The van der Waals surface area contributed by atoms with Gasteiger partial charge in [0.25, 0.3) is 10.0 Å². The van der Waals surface area contributed by atoms with Crippen LogP contribution in [0.5, 0.6) is 0 Å². The van der Waals surface area contributed by atoms with Gasteiger partial charge in [-0.3, -0.25) is 9.71 Å². The van der Waals surface area contributed by atoms with Gasteiger partial charge in [0.1, 0.15) is 5.58 Å². The van der Waals surface area contributed by atoms with Crippen molar-refractivity contribution in [1.82, 2.24) is 0 Å². The predicted molar refractivity (Wildman–Crippen MR) is 110 cm³/mol. The van der Waals surface area contributed by atoms with Crippen molar-refractivity contribution < 1.29 is 12.8 Å². The maximum atomic E-state index is 12.8. The van der Waals surface area contributed by atoms with Crippen molar-refractivity contribution in [2.24, 2.45) is 4.99 Å². The molecule has 0 spiro atoms. The van der Waals surface area contributed by atoms with Crippen molar-refractivity contribution in [2.75, 3.05) is 10.5 Å². The molecule has 3 aromatic rings. The Morgan fingerprint density at radius 1 is 1.19 bits per heavy atom. The molecule has 0 bridgehead atoms. The summed E-state index contributed by atoms with van der Waals surface area (Å²) in [5, 5.41) is 1.04. The Labute approximate surface area is 166 Å². The first-order valence-corrected chi connectivity index (χ1v) is 11.0. The van der Waals surface area contributed by atoms with E-state index >= 15 is 0 Å². The molecule has 0 saturated heterocycles. The largest absolute Gasteiger partial charge is 0.443 e. The number of hydrogen-bond donors (Lipinski definition) is 1. The van der Waals surface area contributed by atoms with Gasteiger partial charge in [-0.15, -0.1) is 11.8 Å². The zero-order valence-electron chi connectivity index (χ0n) is 14.1. The van der Waals surface area contributed by atoms with Gasteiger partial charge >= 0.3 is 0 Å². The molecule has 0 saturated carbocycles. The fourth-order valence-electron chi connectivity index (χ4n) is 2.65. The molecule has 1 N–H and O–H groups in total. The number of furan rings is 1. The van der Waals surface area contributed by atoms with Crippen LogP contribution in [0.4, 0.5) is 5.69 Å². The van der Waals surface area contributed by atoms with Crippen molar-refractivity contribution >= 4 is 55.8 Å². The summed E-state index contributed by atoms with van der Waals surface area (Å²) >= 11 is 7.59. The van der Waals surface area contributed by atoms with Gasteiger partial charge in [0, 0.05) is 45.5 Å². The number of hydrogen-bond acceptors (Lipinski definition) is 5. The third-order valence-corrected chi connectivity index (χ3v) is 6.56. The van der Waals surface area contributed by atoms with Gasteiger partial charge in [-0.05, 0) is 24.3 Å². The Balaban J connectivity index is 1.61. The second-order valence-corrected chi connectivity index (χ2v) is 8.99. The second-order valence-electron chi connectivity index (χ2n) is 5.92. The molecule has 0 fully saturated rings. The summed E-state index contributed by atoms with van der Waals surface area (Å²) in [6, 6.07) is 13.8. The van der Waals surface area contributed by atoms with E-state index in [9.17, 15) is 8.42 Å². The van der Waals surface area contributed by atoms with E-state index in [1.807, 2.05) is 12.1 Å². The van der Waals surface area contributed by atoms with E-state index in [0.717, 1.165) is 22.4 Å². The first kappa shape index (κ1) is 18.2. The van der Waals surface area contributed by atoms with E-state index in [1.54, 1.807) is 42.6 Å². The summed E-state index contributed by atoms with van der Waals surface area (Å²) in [4.78, 5) is 5.05. The molecular weight excluding hydrogens is 404 g/mol. The molecular formula is C19H15ClN2O3S2. The summed E-state index contributed by atoms with van der Waals surface area (Å²) in [5.74, 6) is 0.675. The van der Waals surface area contributed by atoms with Crippen LogP contribution < -0.4 is 4.72 Å². The molecule has 5 nitrogen and oxygen atoms in total. The number of thioether (sulfide) groups is 1. The molecule has 1 aliphatic heterocycles. The molecule has 2 heterocycles. The van der Waals surface area contributed by atoms with Crippen LogP contribution in [-0.2, 0) is 10.0 Å². The lowest BCUT2D eigenvalue weighted by Crippen LogP contribution is -2.13. The molecule has 27 heavy (non-hydrogen) atoms. The molecule has 2 aromatic carbocycles. The summed E-state index contributed by atoms with van der Waals surface area (Å²) in [6.07, 6.45) is 4.59. The molecule has 0 radical (unpaired) electrons. The third kappa shape index (κ3) is 4.05. The zero-order valence-corrected chi connectivity index (χ0v) is 16.4. The molecule has 0 amide bonds. The van der Waals surface area contributed by atoms with Crippen LogP contribution in [0.25, 0.3) is 11.0 Å². The maximum absolute atomic E-state index is 12.8. The number of fused-ring (bicyclic) bond motifs is 1. The van der Waals surface area contributed by atoms with Crippen LogP contribution in [0.1, 0.15) is 6.42 Å². The average Bonchev–Trinajstić information content (AvgIpc) is 3.30. The number of rotatable bonds is 6. The van der Waals surface area contributed by atoms with E-state index in [0.29, 0.717) is 22.0 Å². The first-order chi connectivity index (χ1) is 13.0. The van der Waals surface area contributed by atoms with Gasteiger partial charge in [0.15, 0.2) is 0 Å². The monoisotopic (exact) mass is 418 g/mol. The summed E-state index contributed by atoms with van der Waals surface area (Å²) in [6.45, 7) is 0. The highest BCUT2D eigenvalue weighted by Gasteiger charge is 2.21. The molecule has 1 aliphatic rings. The number of para-hydroxylation sites is 1. The molecule has 4 rings (SSSR count). The molecule has 0 unspecified atom stereocenters. The number of halogens is 1. The second kappa shape index (κ2) is 7.42. The number of aliphatic imine (C=N–C) groups is 1. The van der Waals surface area contributed by atoms with Crippen LogP contribution in [0, 0.1) is 0 Å². The minimum Gasteiger partial charge on any atom is -0.443 e. The highest BCUT2D eigenvalue weighted by Crippen LogP contribution is 2.33. The van der Waals surface area contributed by atoms with Crippen LogP contribution in [0.15, 0.2) is 80.2 Å². The van der Waals surface area contributed by atoms with E-state index in [1.165, 1.54) is 17.8 Å². The average molecular weight is 419 g/mol. The van der Waals surface area contributed by atoms with Gasteiger partial charge < -0.3 is 4.42 Å². The van der Waals surface area contributed by atoms with E-state index < -0.39 is 10.0 Å². The quantitative estimate of drug-likeness (QED) is 0.548. The van der Waals surface area contributed by atoms with Gasteiger partial charge in [-0.25, -0.2) is 0 Å². The van der Waals surface area contributed by atoms with E-state index in [4.69, 9.17) is 16.0 Å². The van der Waals surface area contributed by atoms with Gasteiger partial charge in [0.2, 0.25) is 5.09 Å². The highest BCUT2D eigenvalue weighted by atomic mass is 35.5. The Kier molecular flexibility index (Phi) is 4.99. The van der Waals surface area contributed by atoms with Crippen LogP contribution in [-0.4, -0.2) is 19.9 Å². The Morgan fingerprint density at radius 3 is 2.81 bits per heavy atom. The van der Waals surface area contributed by atoms with Crippen LogP contribution >= 0.6 is 23.4 Å². The minimum atomic E-state index is -3.88. The SMILES string of the molecule is O=S(=O)(Nc1cc(Cl)ccc1SCC1=NC=CC1)c1cc2ccccc2o1. The smallest absolute Gasteiger partial charge is 0.295 e. The van der Waals surface area contributed by atoms with Gasteiger partial charge in [0.05, 0.1) is 5.69 Å². The number of benzene rings is 2. The predicted octanol–water partition coefficient (Wildman–Crippen LogP) is 5.34. The lowest BCUT2D eigenvalue weighted by Gasteiger charge is -2.12. The number of allylic oxidation sites excluding steroid dienone is 1. The lowest BCUT2D eigenvalue weighted by atomic mass is 10.3. The van der Waals surface area contributed by atoms with Crippen molar-refractivity contribution in [3.05, 3.63) is 65.8 Å². The molecule has 1 aromatic heterocycles. The van der Waals surface area contributed by atoms with Crippen molar-refractivity contribution in [3.8, 4) is 0 Å². The zero-order chi connectivity index (χ0) is 18.9. The Bertz CT molecular complexity index is 1130. The summed E-state index contributed by atoms with van der Waals surface area (Å²) < 4.78 is 33.7. The van der Waals surface area contributed by atoms with Crippen molar-refractivity contribution in [3.63, 3.8) is 0 Å². The fourth-order valence-corrected chi connectivity index (χ4v) is 4.87. The molecule has 0 aliphatic carbocycles. The topological polar surface area (TPSA) is 71.7 Å². The number of anilines is 1. The summed E-state index contributed by atoms with van der Waals surface area (Å²) in [7, 11) is -3.88. The minimum absolute atomic E-state index is 0.135. The van der Waals surface area contributed by atoms with Crippen LogP contribution in [0.3, 0.4) is 0 Å². The number of nitrogens with zero attached hydrogens (tertiary/aromatic N) is 1. The maximum Gasteiger partial charge on any atom is 0.295 e. The Morgan fingerprint density at radius 2 is 2.04 bits per heavy atom. The molecule has 138 valence electrons. The number of sulfonamides is 1. The van der Waals surface area contributed by atoms with E-state index in [-0.39, 0.29) is 5.09 Å². The van der Waals surface area contributed by atoms with Crippen LogP contribution in [0.2, 0.25) is 5.02 Å². The lowest BCUT2D eigenvalue weighted by molar-refractivity contribution is 0.484. The Hall–Kier alpha value is -2.22. The van der Waals surface area contributed by atoms with E-state index in [2.05, 4.69) is 9.71 Å². The normalized spacial score (nSPS) is 13.9. The summed E-state index contributed by atoms with van der Waals surface area (Å²) in [5.41, 5.74) is 1.98. The fraction of sp³-hybridized carbons (Fsp3) is 0.105. The standard InChI is InChI=1S/C19H15ClN2O3S2/c20-14-7-8-18(26-12-15-5-3-9-21-15)16(11-14)22-27(23,24)19-10-13-4-1-2-6-17(13)25-19/h1-4,6-11,22H,5,12H2. The highest BCUT2D eigenvalue weighted by molar-refractivity contribution is 8.00. The van der Waals surface area contributed by atoms with Gasteiger partial charge in [-0.2, -0.15) is 8.42 Å². The first-order valence-electron chi connectivity index (χ1n) is 8.15. The van der Waals surface area contributed by atoms with Crippen molar-refractivity contribution in [2.45, 2.75) is 16.4 Å². The number of nitrogens with one attached hydrogen (secondary N) is 1. The molecule has 0 atom stereocenters. The van der Waals surface area contributed by atoms with Gasteiger partial charge in [-0.1, -0.05) is 35.9 Å².